The normalized spacial score (nSPS) is 11.7. The van der Waals surface area contributed by atoms with Crippen LogP contribution in [0.2, 0.25) is 0 Å². The van der Waals surface area contributed by atoms with Crippen molar-refractivity contribution < 1.29 is 24.5 Å². The number of hydrogen-bond acceptors (Lipinski definition) is 5. The Bertz CT molecular complexity index is 449. The van der Waals surface area contributed by atoms with E-state index in [1.165, 1.54) is 11.8 Å². The minimum atomic E-state index is -1.57. The number of carboxylic acid groups (broad SMARTS) is 1. The second kappa shape index (κ2) is 8.44. The first-order valence-corrected chi connectivity index (χ1v) is 7.04. The molecule has 1 rings (SSSR count). The van der Waals surface area contributed by atoms with E-state index in [2.05, 4.69) is 5.32 Å². The molecule has 110 valence electrons. The number of carboxylic acids is 1. The van der Waals surface area contributed by atoms with Crippen molar-refractivity contribution in [2.75, 3.05) is 18.9 Å². The molecule has 3 N–H and O–H groups in total. The number of amides is 1. The van der Waals surface area contributed by atoms with Crippen molar-refractivity contribution in [1.29, 1.82) is 0 Å². The summed E-state index contributed by atoms with van der Waals surface area (Å²) in [5.74, 6) is -0.764. The summed E-state index contributed by atoms with van der Waals surface area (Å²) in [6, 6.07) is 7.32. The number of aliphatic hydroxyl groups excluding tert-OH is 1. The summed E-state index contributed by atoms with van der Waals surface area (Å²) in [5.41, 5.74) is 0. The van der Waals surface area contributed by atoms with Crippen molar-refractivity contribution in [3.63, 3.8) is 0 Å². The molecule has 0 saturated heterocycles. The van der Waals surface area contributed by atoms with Crippen molar-refractivity contribution in [3.05, 3.63) is 24.3 Å². The molecule has 0 aromatic heterocycles. The van der Waals surface area contributed by atoms with Gasteiger partial charge in [0.05, 0.1) is 18.9 Å². The molecule has 1 aromatic carbocycles. The molecule has 0 fully saturated rings. The lowest BCUT2D eigenvalue weighted by molar-refractivity contribution is -0.146. The first-order valence-electron chi connectivity index (χ1n) is 6.06. The van der Waals surface area contributed by atoms with Gasteiger partial charge in [-0.2, -0.15) is 0 Å². The van der Waals surface area contributed by atoms with Gasteiger partial charge < -0.3 is 20.3 Å². The largest absolute Gasteiger partial charge is 0.494 e. The summed E-state index contributed by atoms with van der Waals surface area (Å²) < 4.78 is 5.30. The Labute approximate surface area is 121 Å². The maximum atomic E-state index is 11.5. The maximum Gasteiger partial charge on any atom is 0.334 e. The monoisotopic (exact) mass is 299 g/mol. The third kappa shape index (κ3) is 5.94. The lowest BCUT2D eigenvalue weighted by Gasteiger charge is -2.08. The highest BCUT2D eigenvalue weighted by Gasteiger charge is 2.13. The summed E-state index contributed by atoms with van der Waals surface area (Å²) in [6.07, 6.45) is -1.57. The Hall–Kier alpha value is -1.73. The van der Waals surface area contributed by atoms with Crippen LogP contribution in [-0.2, 0) is 9.59 Å². The SMILES string of the molecule is CCOc1ccc(SCC(=O)NCC(O)C(=O)O)cc1. The first kappa shape index (κ1) is 16.3. The number of carbonyl (C=O) groups is 2. The fourth-order valence-corrected chi connectivity index (χ4v) is 2.02. The average molecular weight is 299 g/mol. The van der Waals surface area contributed by atoms with Gasteiger partial charge >= 0.3 is 5.97 Å². The van der Waals surface area contributed by atoms with E-state index in [0.29, 0.717) is 6.61 Å². The highest BCUT2D eigenvalue weighted by atomic mass is 32.2. The molecule has 1 atom stereocenters. The number of nitrogens with one attached hydrogen (secondary N) is 1. The fourth-order valence-electron chi connectivity index (χ4n) is 1.30. The zero-order chi connectivity index (χ0) is 15.0. The number of carbonyl (C=O) groups excluding carboxylic acids is 1. The molecule has 20 heavy (non-hydrogen) atoms. The van der Waals surface area contributed by atoms with Crippen LogP contribution in [0.4, 0.5) is 0 Å². The van der Waals surface area contributed by atoms with E-state index < -0.39 is 12.1 Å². The minimum Gasteiger partial charge on any atom is -0.494 e. The van der Waals surface area contributed by atoms with Crippen LogP contribution in [0.5, 0.6) is 5.75 Å². The van der Waals surface area contributed by atoms with Gasteiger partial charge in [-0.3, -0.25) is 4.79 Å². The molecule has 0 radical (unpaired) electrons. The summed E-state index contributed by atoms with van der Waals surface area (Å²) in [7, 11) is 0. The van der Waals surface area contributed by atoms with E-state index in [9.17, 15) is 9.59 Å². The van der Waals surface area contributed by atoms with Gasteiger partial charge in [0, 0.05) is 4.90 Å². The Balaban J connectivity index is 2.31. The van der Waals surface area contributed by atoms with Crippen LogP contribution in [0.25, 0.3) is 0 Å². The molecule has 0 heterocycles. The predicted molar refractivity (Wildman–Crippen MR) is 75.0 cm³/mol. The number of benzene rings is 1. The third-order valence-electron chi connectivity index (χ3n) is 2.28. The average Bonchev–Trinajstić information content (AvgIpc) is 2.44. The number of aliphatic carboxylic acids is 1. The van der Waals surface area contributed by atoms with Gasteiger partial charge in [-0.25, -0.2) is 4.79 Å². The Morgan fingerprint density at radius 1 is 1.35 bits per heavy atom. The maximum absolute atomic E-state index is 11.5. The molecule has 0 aliphatic carbocycles. The third-order valence-corrected chi connectivity index (χ3v) is 3.29. The Morgan fingerprint density at radius 3 is 2.55 bits per heavy atom. The number of rotatable bonds is 8. The standard InChI is InChI=1S/C13H17NO5S/c1-2-19-9-3-5-10(6-4-9)20-8-12(16)14-7-11(15)13(17)18/h3-6,11,15H,2,7-8H2,1H3,(H,14,16)(H,17,18). The lowest BCUT2D eigenvalue weighted by Crippen LogP contribution is -2.37. The van der Waals surface area contributed by atoms with Crippen LogP contribution in [0, 0.1) is 0 Å². The summed E-state index contributed by atoms with van der Waals surface area (Å²) in [5, 5.41) is 19.8. The topological polar surface area (TPSA) is 95.9 Å². The van der Waals surface area contributed by atoms with Crippen molar-refractivity contribution in [2.24, 2.45) is 0 Å². The molecule has 0 aliphatic heterocycles. The number of ether oxygens (including phenoxy) is 1. The van der Waals surface area contributed by atoms with Gasteiger partial charge in [0.25, 0.3) is 0 Å². The second-order valence-electron chi connectivity index (χ2n) is 3.85. The zero-order valence-corrected chi connectivity index (χ0v) is 11.9. The molecule has 1 aromatic rings. The highest BCUT2D eigenvalue weighted by Crippen LogP contribution is 2.21. The van der Waals surface area contributed by atoms with Gasteiger partial charge in [0.1, 0.15) is 5.75 Å². The van der Waals surface area contributed by atoms with Crippen LogP contribution in [0.15, 0.2) is 29.2 Å². The van der Waals surface area contributed by atoms with E-state index in [-0.39, 0.29) is 18.2 Å². The molecule has 1 unspecified atom stereocenters. The minimum absolute atomic E-state index is 0.153. The van der Waals surface area contributed by atoms with Crippen LogP contribution in [-0.4, -0.2) is 47.1 Å². The van der Waals surface area contributed by atoms with E-state index >= 15 is 0 Å². The smallest absolute Gasteiger partial charge is 0.334 e. The quantitative estimate of drug-likeness (QED) is 0.613. The van der Waals surface area contributed by atoms with E-state index in [1.54, 1.807) is 0 Å². The second-order valence-corrected chi connectivity index (χ2v) is 4.90. The van der Waals surface area contributed by atoms with Crippen LogP contribution >= 0.6 is 11.8 Å². The fraction of sp³-hybridized carbons (Fsp3) is 0.385. The number of thioether (sulfide) groups is 1. The summed E-state index contributed by atoms with van der Waals surface area (Å²) in [4.78, 5) is 22.7. The first-order chi connectivity index (χ1) is 9.52. The summed E-state index contributed by atoms with van der Waals surface area (Å²) in [6.45, 7) is 2.21. The van der Waals surface area contributed by atoms with E-state index in [1.807, 2.05) is 31.2 Å². The molecule has 6 nitrogen and oxygen atoms in total. The number of hydrogen-bond donors (Lipinski definition) is 3. The number of aliphatic hydroxyl groups is 1. The van der Waals surface area contributed by atoms with Gasteiger partial charge in [-0.1, -0.05) is 0 Å². The highest BCUT2D eigenvalue weighted by molar-refractivity contribution is 8.00. The van der Waals surface area contributed by atoms with Crippen molar-refractivity contribution in [3.8, 4) is 5.75 Å². The van der Waals surface area contributed by atoms with Crippen molar-refractivity contribution in [2.45, 2.75) is 17.9 Å². The molecule has 1 amide bonds. The molecule has 0 saturated carbocycles. The molecular weight excluding hydrogens is 282 g/mol. The molecule has 7 heteroatoms. The molecule has 0 bridgehead atoms. The van der Waals surface area contributed by atoms with Crippen LogP contribution < -0.4 is 10.1 Å². The molecule has 0 aliphatic rings. The van der Waals surface area contributed by atoms with Gasteiger partial charge in [-0.15, -0.1) is 11.8 Å². The van der Waals surface area contributed by atoms with Gasteiger partial charge in [-0.05, 0) is 31.2 Å². The van der Waals surface area contributed by atoms with Gasteiger partial charge in [0.2, 0.25) is 5.91 Å². The van der Waals surface area contributed by atoms with Crippen molar-refractivity contribution >= 4 is 23.6 Å². The van der Waals surface area contributed by atoms with Gasteiger partial charge in [0.15, 0.2) is 6.10 Å². The predicted octanol–water partition coefficient (Wildman–Crippen LogP) is 0.739. The zero-order valence-electron chi connectivity index (χ0n) is 11.0. The summed E-state index contributed by atoms with van der Waals surface area (Å²) >= 11 is 1.32. The van der Waals surface area contributed by atoms with Crippen LogP contribution in [0.1, 0.15) is 6.92 Å². The molecular formula is C13H17NO5S. The lowest BCUT2D eigenvalue weighted by atomic mass is 10.3. The van der Waals surface area contributed by atoms with Crippen LogP contribution in [0.3, 0.4) is 0 Å². The Morgan fingerprint density at radius 2 is 2.00 bits per heavy atom. The Kier molecular flexibility index (Phi) is 6.89. The molecule has 0 spiro atoms. The van der Waals surface area contributed by atoms with Crippen molar-refractivity contribution in [1.82, 2.24) is 5.32 Å². The van der Waals surface area contributed by atoms with E-state index in [0.717, 1.165) is 10.6 Å². The van der Waals surface area contributed by atoms with E-state index in [4.69, 9.17) is 14.9 Å².